The van der Waals surface area contributed by atoms with Crippen LogP contribution in [0.2, 0.25) is 0 Å². The molecule has 1 aromatic carbocycles. The van der Waals surface area contributed by atoms with Crippen LogP contribution >= 0.6 is 0 Å². The average molecular weight is 256 g/mol. The van der Waals surface area contributed by atoms with Crippen LogP contribution in [0.25, 0.3) is 0 Å². The van der Waals surface area contributed by atoms with E-state index in [0.717, 1.165) is 25.1 Å². The van der Waals surface area contributed by atoms with E-state index in [-0.39, 0.29) is 5.91 Å². The number of aryl methyl sites for hydroxylation is 2. The van der Waals surface area contributed by atoms with Crippen molar-refractivity contribution in [3.63, 3.8) is 0 Å². The van der Waals surface area contributed by atoms with Crippen LogP contribution in [0.4, 0.5) is 11.4 Å². The summed E-state index contributed by atoms with van der Waals surface area (Å²) in [5.74, 6) is -0.0960. The van der Waals surface area contributed by atoms with Crippen molar-refractivity contribution in [3.8, 4) is 0 Å². The first-order valence-corrected chi connectivity index (χ1v) is 6.39. The molecule has 0 unspecified atom stereocenters. The van der Waals surface area contributed by atoms with E-state index >= 15 is 0 Å². The molecular weight excluding hydrogens is 240 g/mol. The minimum atomic E-state index is -0.0960. The predicted octanol–water partition coefficient (Wildman–Crippen LogP) is 2.03. The van der Waals surface area contributed by atoms with Gasteiger partial charge in [-0.2, -0.15) is 5.10 Å². The van der Waals surface area contributed by atoms with E-state index in [4.69, 9.17) is 0 Å². The fraction of sp³-hybridized carbons (Fsp3) is 0.286. The van der Waals surface area contributed by atoms with E-state index in [1.807, 2.05) is 25.2 Å². The number of fused-ring (bicyclic) bond motifs is 1. The molecule has 1 aromatic heterocycles. The highest BCUT2D eigenvalue weighted by Crippen LogP contribution is 2.23. The summed E-state index contributed by atoms with van der Waals surface area (Å²) in [4.78, 5) is 12.1. The standard InChI is InChI=1S/C14H16N4O/c1-18-9-12(8-16-18)17-14(19)11-4-5-13-10(7-11)3-2-6-15-13/h4-5,7-9,15H,2-3,6H2,1H3,(H,17,19). The number of amides is 1. The summed E-state index contributed by atoms with van der Waals surface area (Å²) in [6.45, 7) is 1.01. The van der Waals surface area contributed by atoms with Crippen LogP contribution in [0.1, 0.15) is 22.3 Å². The number of nitrogens with one attached hydrogen (secondary N) is 2. The molecule has 0 radical (unpaired) electrons. The second-order valence-electron chi connectivity index (χ2n) is 4.76. The number of hydrogen-bond donors (Lipinski definition) is 2. The fourth-order valence-corrected chi connectivity index (χ4v) is 2.31. The number of carbonyl (C=O) groups excluding carboxylic acids is 1. The normalized spacial score (nSPS) is 13.5. The van der Waals surface area contributed by atoms with Gasteiger partial charge in [0.05, 0.1) is 11.9 Å². The highest BCUT2D eigenvalue weighted by molar-refractivity contribution is 6.04. The molecule has 5 heteroatoms. The lowest BCUT2D eigenvalue weighted by Crippen LogP contribution is -2.15. The van der Waals surface area contributed by atoms with Gasteiger partial charge < -0.3 is 10.6 Å². The van der Waals surface area contributed by atoms with Gasteiger partial charge in [-0.3, -0.25) is 9.48 Å². The summed E-state index contributed by atoms with van der Waals surface area (Å²) in [6, 6.07) is 5.79. The van der Waals surface area contributed by atoms with Crippen molar-refractivity contribution in [1.29, 1.82) is 0 Å². The van der Waals surface area contributed by atoms with Crippen LogP contribution in [-0.4, -0.2) is 22.2 Å². The lowest BCUT2D eigenvalue weighted by Gasteiger charge is -2.18. The van der Waals surface area contributed by atoms with Crippen molar-refractivity contribution < 1.29 is 4.79 Å². The second kappa shape index (κ2) is 4.76. The molecule has 5 nitrogen and oxygen atoms in total. The molecule has 0 bridgehead atoms. The first kappa shape index (κ1) is 11.8. The molecule has 0 atom stereocenters. The molecule has 1 aliphatic rings. The van der Waals surface area contributed by atoms with Crippen molar-refractivity contribution in [3.05, 3.63) is 41.7 Å². The van der Waals surface area contributed by atoms with Crippen molar-refractivity contribution in [2.75, 3.05) is 17.2 Å². The summed E-state index contributed by atoms with van der Waals surface area (Å²) in [5, 5.41) is 10.2. The van der Waals surface area contributed by atoms with Gasteiger partial charge in [0.25, 0.3) is 5.91 Å². The summed E-state index contributed by atoms with van der Waals surface area (Å²) in [5.41, 5.74) is 3.75. The predicted molar refractivity (Wildman–Crippen MR) is 74.4 cm³/mol. The molecule has 1 aliphatic heterocycles. The van der Waals surface area contributed by atoms with Gasteiger partial charge in [-0.15, -0.1) is 0 Å². The molecular formula is C14H16N4O. The lowest BCUT2D eigenvalue weighted by molar-refractivity contribution is 0.102. The number of hydrogen-bond acceptors (Lipinski definition) is 3. The van der Waals surface area contributed by atoms with Gasteiger partial charge in [0.15, 0.2) is 0 Å². The number of aromatic nitrogens is 2. The maximum atomic E-state index is 12.1. The third kappa shape index (κ3) is 2.45. The molecule has 2 N–H and O–H groups in total. The molecule has 98 valence electrons. The zero-order valence-corrected chi connectivity index (χ0v) is 10.8. The van der Waals surface area contributed by atoms with E-state index in [9.17, 15) is 4.79 Å². The molecule has 0 saturated heterocycles. The monoisotopic (exact) mass is 256 g/mol. The highest BCUT2D eigenvalue weighted by Gasteiger charge is 2.12. The van der Waals surface area contributed by atoms with Crippen LogP contribution in [0.15, 0.2) is 30.6 Å². The Morgan fingerprint density at radius 1 is 1.47 bits per heavy atom. The van der Waals surface area contributed by atoms with Gasteiger partial charge in [0.2, 0.25) is 0 Å². The van der Waals surface area contributed by atoms with Gasteiger partial charge >= 0.3 is 0 Å². The van der Waals surface area contributed by atoms with Crippen molar-refractivity contribution in [1.82, 2.24) is 9.78 Å². The van der Waals surface area contributed by atoms with Gasteiger partial charge in [-0.1, -0.05) is 0 Å². The minimum Gasteiger partial charge on any atom is -0.385 e. The van der Waals surface area contributed by atoms with E-state index in [1.54, 1.807) is 17.1 Å². The third-order valence-electron chi connectivity index (χ3n) is 3.27. The number of rotatable bonds is 2. The second-order valence-corrected chi connectivity index (χ2v) is 4.76. The zero-order valence-electron chi connectivity index (χ0n) is 10.8. The Morgan fingerprint density at radius 3 is 3.16 bits per heavy atom. The number of anilines is 2. The Kier molecular flexibility index (Phi) is 2.95. The summed E-state index contributed by atoms with van der Waals surface area (Å²) < 4.78 is 1.66. The van der Waals surface area contributed by atoms with E-state index in [0.29, 0.717) is 11.3 Å². The number of nitrogens with zero attached hydrogens (tertiary/aromatic N) is 2. The lowest BCUT2D eigenvalue weighted by atomic mass is 10.0. The van der Waals surface area contributed by atoms with Crippen molar-refractivity contribution in [2.24, 2.45) is 7.05 Å². The Morgan fingerprint density at radius 2 is 2.37 bits per heavy atom. The van der Waals surface area contributed by atoms with Crippen LogP contribution < -0.4 is 10.6 Å². The SMILES string of the molecule is Cn1cc(NC(=O)c2ccc3c(c2)CCCN3)cn1. The topological polar surface area (TPSA) is 59.0 Å². The van der Waals surface area contributed by atoms with E-state index in [1.165, 1.54) is 5.56 Å². The summed E-state index contributed by atoms with van der Waals surface area (Å²) >= 11 is 0. The molecule has 3 rings (SSSR count). The largest absolute Gasteiger partial charge is 0.385 e. The maximum absolute atomic E-state index is 12.1. The number of benzene rings is 1. The number of carbonyl (C=O) groups is 1. The third-order valence-corrected chi connectivity index (χ3v) is 3.27. The Labute approximate surface area is 111 Å². The van der Waals surface area contributed by atoms with E-state index < -0.39 is 0 Å². The average Bonchev–Trinajstić information content (AvgIpc) is 2.83. The van der Waals surface area contributed by atoms with Gasteiger partial charge in [0, 0.05) is 31.0 Å². The van der Waals surface area contributed by atoms with Crippen LogP contribution in [0.5, 0.6) is 0 Å². The first-order valence-electron chi connectivity index (χ1n) is 6.39. The van der Waals surface area contributed by atoms with Crippen LogP contribution in [-0.2, 0) is 13.5 Å². The van der Waals surface area contributed by atoms with Crippen molar-refractivity contribution >= 4 is 17.3 Å². The minimum absolute atomic E-state index is 0.0960. The Balaban J connectivity index is 1.80. The van der Waals surface area contributed by atoms with Crippen LogP contribution in [0.3, 0.4) is 0 Å². The maximum Gasteiger partial charge on any atom is 0.255 e. The van der Waals surface area contributed by atoms with Gasteiger partial charge in [-0.25, -0.2) is 0 Å². The van der Waals surface area contributed by atoms with Crippen molar-refractivity contribution in [2.45, 2.75) is 12.8 Å². The molecule has 2 heterocycles. The molecule has 1 amide bonds. The molecule has 0 saturated carbocycles. The Bertz CT molecular complexity index is 618. The highest BCUT2D eigenvalue weighted by atomic mass is 16.1. The van der Waals surface area contributed by atoms with Gasteiger partial charge in [0.1, 0.15) is 0 Å². The van der Waals surface area contributed by atoms with Crippen LogP contribution in [0, 0.1) is 0 Å². The molecule has 0 fully saturated rings. The molecule has 0 aliphatic carbocycles. The first-order chi connectivity index (χ1) is 9.22. The molecule has 0 spiro atoms. The van der Waals surface area contributed by atoms with E-state index in [2.05, 4.69) is 15.7 Å². The molecule has 19 heavy (non-hydrogen) atoms. The summed E-state index contributed by atoms with van der Waals surface area (Å²) in [6.07, 6.45) is 5.55. The van der Waals surface area contributed by atoms with Gasteiger partial charge in [-0.05, 0) is 36.6 Å². The smallest absolute Gasteiger partial charge is 0.255 e. The quantitative estimate of drug-likeness (QED) is 0.864. The zero-order chi connectivity index (χ0) is 13.2. The Hall–Kier alpha value is -2.30. The summed E-state index contributed by atoms with van der Waals surface area (Å²) in [7, 11) is 1.82. The molecule has 2 aromatic rings. The fourth-order valence-electron chi connectivity index (χ4n) is 2.31.